The van der Waals surface area contributed by atoms with Crippen LogP contribution in [0.5, 0.6) is 0 Å². The van der Waals surface area contributed by atoms with Crippen molar-refractivity contribution in [2.45, 2.75) is 37.9 Å². The molecule has 1 aromatic rings. The van der Waals surface area contributed by atoms with Crippen molar-refractivity contribution in [2.75, 3.05) is 5.75 Å². The summed E-state index contributed by atoms with van der Waals surface area (Å²) in [6.45, 7) is 2.18. The van der Waals surface area contributed by atoms with Gasteiger partial charge in [-0.25, -0.2) is 0 Å². The van der Waals surface area contributed by atoms with Gasteiger partial charge in [-0.1, -0.05) is 18.6 Å². The molecule has 1 rings (SSSR count). The summed E-state index contributed by atoms with van der Waals surface area (Å²) in [5.74, 6) is -0.0741. The van der Waals surface area contributed by atoms with Crippen LogP contribution in [0.4, 0.5) is 13.2 Å². The number of thioether (sulfide) groups is 1. The number of alkyl halides is 3. The molecular weight excluding hydrogens is 253 g/mol. The van der Waals surface area contributed by atoms with E-state index in [2.05, 4.69) is 10.3 Å². The second kappa shape index (κ2) is 6.25. The van der Waals surface area contributed by atoms with E-state index < -0.39 is 5.51 Å². The van der Waals surface area contributed by atoms with Gasteiger partial charge in [0, 0.05) is 5.75 Å². The lowest BCUT2D eigenvalue weighted by atomic mass is 10.1. The summed E-state index contributed by atoms with van der Waals surface area (Å²) in [6.07, 6.45) is 3.32. The minimum absolute atomic E-state index is 0.0635. The Bertz CT molecular complexity index is 339. The quantitative estimate of drug-likeness (QED) is 0.860. The number of rotatable bonds is 6. The van der Waals surface area contributed by atoms with Gasteiger partial charge >= 0.3 is 5.51 Å². The fourth-order valence-corrected chi connectivity index (χ4v) is 1.82. The zero-order valence-corrected chi connectivity index (χ0v) is 10.3. The molecule has 98 valence electrons. The van der Waals surface area contributed by atoms with Gasteiger partial charge in [-0.3, -0.25) is 4.68 Å². The Hall–Kier alpha value is -0.760. The predicted molar refractivity (Wildman–Crippen MR) is 60.4 cm³/mol. The molecule has 0 aliphatic heterocycles. The van der Waals surface area contributed by atoms with Gasteiger partial charge in [0.2, 0.25) is 0 Å². The maximum atomic E-state index is 11.9. The van der Waals surface area contributed by atoms with Gasteiger partial charge in [0.25, 0.3) is 0 Å². The highest BCUT2D eigenvalue weighted by atomic mass is 32.2. The molecule has 0 saturated heterocycles. The van der Waals surface area contributed by atoms with E-state index in [0.717, 1.165) is 12.8 Å². The van der Waals surface area contributed by atoms with Gasteiger partial charge in [-0.15, -0.1) is 5.10 Å². The summed E-state index contributed by atoms with van der Waals surface area (Å²) < 4.78 is 37.1. The molecule has 0 bridgehead atoms. The summed E-state index contributed by atoms with van der Waals surface area (Å²) in [5, 5.41) is 7.59. The molecule has 0 spiro atoms. The first-order chi connectivity index (χ1) is 7.92. The summed E-state index contributed by atoms with van der Waals surface area (Å²) in [7, 11) is 0. The fraction of sp³-hybridized carbons (Fsp3) is 0.778. The van der Waals surface area contributed by atoms with Crippen LogP contribution >= 0.6 is 11.8 Å². The van der Waals surface area contributed by atoms with Crippen molar-refractivity contribution in [1.29, 1.82) is 0 Å². The van der Waals surface area contributed by atoms with Crippen LogP contribution in [0.25, 0.3) is 0 Å². The van der Waals surface area contributed by atoms with Gasteiger partial charge in [0.15, 0.2) is 0 Å². The first-order valence-electron chi connectivity index (χ1n) is 5.28. The number of hydrogen-bond acceptors (Lipinski definition) is 4. The van der Waals surface area contributed by atoms with Crippen LogP contribution < -0.4 is 5.73 Å². The topological polar surface area (TPSA) is 56.7 Å². The Balaban J connectivity index is 2.40. The lowest BCUT2D eigenvalue weighted by Gasteiger charge is -2.05. The number of halogens is 3. The smallest absolute Gasteiger partial charge is 0.323 e. The Morgan fingerprint density at radius 2 is 2.24 bits per heavy atom. The van der Waals surface area contributed by atoms with Gasteiger partial charge in [0.1, 0.15) is 0 Å². The monoisotopic (exact) mass is 268 g/mol. The van der Waals surface area contributed by atoms with Gasteiger partial charge < -0.3 is 5.73 Å². The lowest BCUT2D eigenvalue weighted by molar-refractivity contribution is -0.0328. The predicted octanol–water partition coefficient (Wildman–Crippen LogP) is 2.33. The molecule has 0 aliphatic rings. The van der Waals surface area contributed by atoms with Crippen molar-refractivity contribution in [2.24, 2.45) is 5.73 Å². The van der Waals surface area contributed by atoms with E-state index in [1.165, 1.54) is 4.68 Å². The molecule has 1 heterocycles. The van der Waals surface area contributed by atoms with E-state index in [9.17, 15) is 13.2 Å². The van der Waals surface area contributed by atoms with Crippen LogP contribution in [-0.4, -0.2) is 26.3 Å². The fourth-order valence-electron chi connectivity index (χ4n) is 1.31. The second-order valence-corrected chi connectivity index (χ2v) is 4.76. The SMILES string of the molecule is CCCC(N)c1cn(CCSC(F)(F)F)nn1. The highest BCUT2D eigenvalue weighted by Gasteiger charge is 2.27. The van der Waals surface area contributed by atoms with Crippen LogP contribution in [-0.2, 0) is 6.54 Å². The molecule has 17 heavy (non-hydrogen) atoms. The molecule has 0 saturated carbocycles. The minimum Gasteiger partial charge on any atom is -0.323 e. The van der Waals surface area contributed by atoms with E-state index in [4.69, 9.17) is 5.73 Å². The molecule has 0 aliphatic carbocycles. The Morgan fingerprint density at radius 3 is 2.82 bits per heavy atom. The Kier molecular flexibility index (Phi) is 5.26. The summed E-state index contributed by atoms with van der Waals surface area (Å²) in [5.41, 5.74) is 2.25. The van der Waals surface area contributed by atoms with E-state index in [1.807, 2.05) is 6.92 Å². The zero-order chi connectivity index (χ0) is 12.9. The van der Waals surface area contributed by atoms with E-state index in [-0.39, 0.29) is 30.1 Å². The van der Waals surface area contributed by atoms with Crippen LogP contribution in [0.2, 0.25) is 0 Å². The lowest BCUT2D eigenvalue weighted by Crippen LogP contribution is -2.10. The van der Waals surface area contributed by atoms with E-state index in [0.29, 0.717) is 5.69 Å². The third-order valence-corrected chi connectivity index (χ3v) is 2.84. The average molecular weight is 268 g/mol. The van der Waals surface area contributed by atoms with Crippen LogP contribution in [0.1, 0.15) is 31.5 Å². The number of nitrogens with two attached hydrogens (primary N) is 1. The molecular formula is C9H15F3N4S. The summed E-state index contributed by atoms with van der Waals surface area (Å²) >= 11 is -0.0635. The first-order valence-corrected chi connectivity index (χ1v) is 6.27. The number of aryl methyl sites for hydroxylation is 1. The Morgan fingerprint density at radius 1 is 1.53 bits per heavy atom. The molecule has 1 aromatic heterocycles. The third kappa shape index (κ3) is 5.40. The molecule has 0 aromatic carbocycles. The van der Waals surface area contributed by atoms with Crippen molar-refractivity contribution in [3.8, 4) is 0 Å². The van der Waals surface area contributed by atoms with Gasteiger partial charge in [0.05, 0.1) is 24.5 Å². The van der Waals surface area contributed by atoms with Crippen molar-refractivity contribution >= 4 is 11.8 Å². The van der Waals surface area contributed by atoms with Crippen LogP contribution in [0, 0.1) is 0 Å². The maximum absolute atomic E-state index is 11.9. The molecule has 2 N–H and O–H groups in total. The largest absolute Gasteiger partial charge is 0.441 e. The molecule has 8 heteroatoms. The van der Waals surface area contributed by atoms with Gasteiger partial charge in [-0.2, -0.15) is 13.2 Å². The van der Waals surface area contributed by atoms with Crippen molar-refractivity contribution < 1.29 is 13.2 Å². The normalized spacial score (nSPS) is 13.9. The molecule has 0 radical (unpaired) electrons. The minimum atomic E-state index is -4.19. The van der Waals surface area contributed by atoms with Crippen molar-refractivity contribution in [3.63, 3.8) is 0 Å². The summed E-state index contributed by atoms with van der Waals surface area (Å²) in [4.78, 5) is 0. The van der Waals surface area contributed by atoms with Crippen LogP contribution in [0.15, 0.2) is 6.20 Å². The van der Waals surface area contributed by atoms with E-state index >= 15 is 0 Å². The molecule has 1 atom stereocenters. The molecule has 1 unspecified atom stereocenters. The van der Waals surface area contributed by atoms with E-state index in [1.54, 1.807) is 6.20 Å². The van der Waals surface area contributed by atoms with Crippen molar-refractivity contribution in [3.05, 3.63) is 11.9 Å². The Labute approximate surface area is 102 Å². The number of hydrogen-bond donors (Lipinski definition) is 1. The standard InChI is InChI=1S/C9H15F3N4S/c1-2-3-7(13)8-6-16(15-14-8)4-5-17-9(10,11)12/h6-7H,2-5,13H2,1H3. The number of nitrogens with zero attached hydrogens (tertiary/aromatic N) is 3. The van der Waals surface area contributed by atoms with Crippen LogP contribution in [0.3, 0.4) is 0 Å². The third-order valence-electron chi connectivity index (χ3n) is 2.12. The van der Waals surface area contributed by atoms with Gasteiger partial charge in [-0.05, 0) is 18.2 Å². The molecule has 0 fully saturated rings. The second-order valence-electron chi connectivity index (χ2n) is 3.60. The highest BCUT2D eigenvalue weighted by Crippen LogP contribution is 2.29. The number of aromatic nitrogens is 3. The molecule has 4 nitrogen and oxygen atoms in total. The first kappa shape index (κ1) is 14.3. The average Bonchev–Trinajstić information content (AvgIpc) is 2.65. The molecule has 0 amide bonds. The zero-order valence-electron chi connectivity index (χ0n) is 9.44. The highest BCUT2D eigenvalue weighted by molar-refractivity contribution is 8.00. The summed E-state index contributed by atoms with van der Waals surface area (Å²) in [6, 6.07) is -0.191. The van der Waals surface area contributed by atoms with Crippen molar-refractivity contribution in [1.82, 2.24) is 15.0 Å². The maximum Gasteiger partial charge on any atom is 0.441 e.